The van der Waals surface area contributed by atoms with Gasteiger partial charge in [0.15, 0.2) is 11.5 Å². The summed E-state index contributed by atoms with van der Waals surface area (Å²) in [6, 6.07) is 10.3. The lowest BCUT2D eigenvalue weighted by atomic mass is 10.1. The van der Waals surface area contributed by atoms with E-state index in [-0.39, 0.29) is 23.8 Å². The average Bonchev–Trinajstić information content (AvgIpc) is 2.75. The summed E-state index contributed by atoms with van der Waals surface area (Å²) in [5.74, 6) is 0.695. The van der Waals surface area contributed by atoms with Crippen molar-refractivity contribution >= 4 is 23.6 Å². The molecule has 2 aromatic carbocycles. The summed E-state index contributed by atoms with van der Waals surface area (Å²) in [6.45, 7) is 6.25. The SMILES string of the molecule is COc1cc(C=CC(=O)N2CC(C)N(Cc3ccc(F)cc3)CC2C)cc(Cl)c1OC. The molecule has 0 aliphatic carbocycles. The van der Waals surface area contributed by atoms with Crippen LogP contribution in [0.1, 0.15) is 25.0 Å². The number of methoxy groups -OCH3 is 2. The molecular formula is C24H28ClFN2O3. The topological polar surface area (TPSA) is 42.0 Å². The van der Waals surface area contributed by atoms with E-state index in [9.17, 15) is 9.18 Å². The normalized spacial score (nSPS) is 19.6. The minimum absolute atomic E-state index is 0.0494. The van der Waals surface area contributed by atoms with E-state index in [1.807, 2.05) is 11.8 Å². The van der Waals surface area contributed by atoms with Crippen molar-refractivity contribution in [1.29, 1.82) is 0 Å². The zero-order valence-electron chi connectivity index (χ0n) is 18.3. The molecule has 0 N–H and O–H groups in total. The van der Waals surface area contributed by atoms with E-state index >= 15 is 0 Å². The number of hydrogen-bond donors (Lipinski definition) is 0. The molecule has 7 heteroatoms. The summed E-state index contributed by atoms with van der Waals surface area (Å²) in [7, 11) is 3.07. The maximum absolute atomic E-state index is 13.2. The molecule has 2 atom stereocenters. The van der Waals surface area contributed by atoms with E-state index in [1.54, 1.807) is 43.5 Å². The van der Waals surface area contributed by atoms with E-state index in [0.29, 0.717) is 23.1 Å². The minimum Gasteiger partial charge on any atom is -0.493 e. The van der Waals surface area contributed by atoms with Crippen molar-refractivity contribution in [2.24, 2.45) is 0 Å². The molecule has 5 nitrogen and oxygen atoms in total. The molecule has 2 unspecified atom stereocenters. The number of ether oxygens (including phenoxy) is 2. The molecule has 31 heavy (non-hydrogen) atoms. The second-order valence-electron chi connectivity index (χ2n) is 7.82. The van der Waals surface area contributed by atoms with E-state index < -0.39 is 0 Å². The monoisotopic (exact) mass is 446 g/mol. The third-order valence-corrected chi connectivity index (χ3v) is 5.85. The quantitative estimate of drug-likeness (QED) is 0.607. The summed E-state index contributed by atoms with van der Waals surface area (Å²) >= 11 is 6.25. The largest absolute Gasteiger partial charge is 0.493 e. The molecule has 2 aromatic rings. The van der Waals surface area contributed by atoms with Crippen molar-refractivity contribution in [1.82, 2.24) is 9.80 Å². The highest BCUT2D eigenvalue weighted by molar-refractivity contribution is 6.32. The summed E-state index contributed by atoms with van der Waals surface area (Å²) < 4.78 is 23.7. The van der Waals surface area contributed by atoms with Gasteiger partial charge < -0.3 is 14.4 Å². The fourth-order valence-electron chi connectivity index (χ4n) is 3.85. The van der Waals surface area contributed by atoms with Crippen LogP contribution in [0, 0.1) is 5.82 Å². The maximum Gasteiger partial charge on any atom is 0.246 e. The summed E-state index contributed by atoms with van der Waals surface area (Å²) in [6.07, 6.45) is 3.30. The Morgan fingerprint density at radius 1 is 1.13 bits per heavy atom. The van der Waals surface area contributed by atoms with Gasteiger partial charge >= 0.3 is 0 Å². The number of halogens is 2. The van der Waals surface area contributed by atoms with E-state index in [0.717, 1.165) is 24.2 Å². The Hall–Kier alpha value is -2.57. The number of benzene rings is 2. The Labute approximate surface area is 188 Å². The maximum atomic E-state index is 13.2. The van der Waals surface area contributed by atoms with Crippen molar-refractivity contribution < 1.29 is 18.7 Å². The van der Waals surface area contributed by atoms with Gasteiger partial charge in [0, 0.05) is 37.8 Å². The van der Waals surface area contributed by atoms with Crippen molar-refractivity contribution in [2.45, 2.75) is 32.5 Å². The van der Waals surface area contributed by atoms with Crippen LogP contribution in [0.3, 0.4) is 0 Å². The van der Waals surface area contributed by atoms with Crippen molar-refractivity contribution in [3.05, 3.63) is 64.4 Å². The van der Waals surface area contributed by atoms with E-state index in [4.69, 9.17) is 21.1 Å². The molecule has 0 spiro atoms. The van der Waals surface area contributed by atoms with Gasteiger partial charge in [0.2, 0.25) is 5.91 Å². The van der Waals surface area contributed by atoms with Crippen molar-refractivity contribution in [3.63, 3.8) is 0 Å². The molecule has 1 amide bonds. The average molecular weight is 447 g/mol. The molecule has 0 aromatic heterocycles. The first kappa shape index (κ1) is 23.1. The summed E-state index contributed by atoms with van der Waals surface area (Å²) in [5, 5.41) is 0.422. The number of rotatable bonds is 6. The molecule has 0 radical (unpaired) electrons. The first-order valence-electron chi connectivity index (χ1n) is 10.2. The fourth-order valence-corrected chi connectivity index (χ4v) is 4.14. The van der Waals surface area contributed by atoms with Crippen LogP contribution in [-0.4, -0.2) is 55.1 Å². The molecule has 1 saturated heterocycles. The van der Waals surface area contributed by atoms with Gasteiger partial charge in [-0.3, -0.25) is 9.69 Å². The van der Waals surface area contributed by atoms with Crippen LogP contribution in [0.25, 0.3) is 6.08 Å². The molecule has 3 rings (SSSR count). The molecule has 166 valence electrons. The molecule has 1 aliphatic heterocycles. The number of piperazine rings is 1. The zero-order valence-corrected chi connectivity index (χ0v) is 19.0. The highest BCUT2D eigenvalue weighted by Gasteiger charge is 2.31. The standard InChI is InChI=1S/C24H28ClFN2O3/c1-16-14-28(17(2)13-27(16)15-18-5-8-20(26)9-6-18)23(29)10-7-19-11-21(25)24(31-4)22(12-19)30-3/h5-12,16-17H,13-15H2,1-4H3. The van der Waals surface area contributed by atoms with Gasteiger partial charge in [-0.05, 0) is 55.3 Å². The first-order valence-corrected chi connectivity index (χ1v) is 10.6. The predicted octanol–water partition coefficient (Wildman–Crippen LogP) is 4.63. The van der Waals surface area contributed by atoms with Crippen LogP contribution in [0.2, 0.25) is 5.02 Å². The highest BCUT2D eigenvalue weighted by atomic mass is 35.5. The minimum atomic E-state index is -0.233. The van der Waals surface area contributed by atoms with Crippen molar-refractivity contribution in [3.8, 4) is 11.5 Å². The Morgan fingerprint density at radius 3 is 2.48 bits per heavy atom. The van der Waals surface area contributed by atoms with Crippen LogP contribution < -0.4 is 9.47 Å². The van der Waals surface area contributed by atoms with Crippen LogP contribution in [0.5, 0.6) is 11.5 Å². The number of hydrogen-bond acceptors (Lipinski definition) is 4. The molecular weight excluding hydrogens is 419 g/mol. The lowest BCUT2D eigenvalue weighted by Gasteiger charge is -2.44. The zero-order chi connectivity index (χ0) is 22.5. The first-order chi connectivity index (χ1) is 14.8. The Balaban J connectivity index is 1.66. The lowest BCUT2D eigenvalue weighted by Crippen LogP contribution is -2.57. The molecule has 0 bridgehead atoms. The Kier molecular flexibility index (Phi) is 7.57. The highest BCUT2D eigenvalue weighted by Crippen LogP contribution is 2.36. The summed E-state index contributed by atoms with van der Waals surface area (Å²) in [4.78, 5) is 17.1. The van der Waals surface area contributed by atoms with Gasteiger partial charge in [0.1, 0.15) is 5.82 Å². The second kappa shape index (κ2) is 10.2. The van der Waals surface area contributed by atoms with E-state index in [2.05, 4.69) is 11.8 Å². The second-order valence-corrected chi connectivity index (χ2v) is 8.22. The molecule has 1 aliphatic rings. The van der Waals surface area contributed by atoms with Gasteiger partial charge in [0.05, 0.1) is 19.2 Å². The number of carbonyl (C=O) groups excluding carboxylic acids is 1. The fraction of sp³-hybridized carbons (Fsp3) is 0.375. The molecule has 1 fully saturated rings. The summed E-state index contributed by atoms with van der Waals surface area (Å²) in [5.41, 5.74) is 1.82. The predicted molar refractivity (Wildman–Crippen MR) is 121 cm³/mol. The van der Waals surface area contributed by atoms with Crippen LogP contribution in [0.15, 0.2) is 42.5 Å². The van der Waals surface area contributed by atoms with Crippen LogP contribution >= 0.6 is 11.6 Å². The Morgan fingerprint density at radius 2 is 1.84 bits per heavy atom. The molecule has 0 saturated carbocycles. The van der Waals surface area contributed by atoms with Gasteiger partial charge in [-0.15, -0.1) is 0 Å². The van der Waals surface area contributed by atoms with Crippen LogP contribution in [-0.2, 0) is 11.3 Å². The van der Waals surface area contributed by atoms with Crippen molar-refractivity contribution in [2.75, 3.05) is 27.3 Å². The molecule has 1 heterocycles. The van der Waals surface area contributed by atoms with Crippen LogP contribution in [0.4, 0.5) is 4.39 Å². The lowest BCUT2D eigenvalue weighted by molar-refractivity contribution is -0.131. The third kappa shape index (κ3) is 5.57. The number of nitrogens with zero attached hydrogens (tertiary/aromatic N) is 2. The smallest absolute Gasteiger partial charge is 0.246 e. The van der Waals surface area contributed by atoms with Gasteiger partial charge in [-0.2, -0.15) is 0 Å². The van der Waals surface area contributed by atoms with Gasteiger partial charge in [-0.1, -0.05) is 23.7 Å². The van der Waals surface area contributed by atoms with Gasteiger partial charge in [-0.25, -0.2) is 4.39 Å². The number of amides is 1. The van der Waals surface area contributed by atoms with E-state index in [1.165, 1.54) is 19.2 Å². The van der Waals surface area contributed by atoms with Gasteiger partial charge in [0.25, 0.3) is 0 Å². The Bertz CT molecular complexity index is 949. The number of carbonyl (C=O) groups is 1. The third-order valence-electron chi connectivity index (χ3n) is 5.57.